The summed E-state index contributed by atoms with van der Waals surface area (Å²) in [6.45, 7) is 0. The molecule has 1 aromatic heterocycles. The van der Waals surface area contributed by atoms with E-state index >= 15 is 0 Å². The SMILES string of the molecule is COc1ccc(-c2ccncc2C=C2C(=O)NC(=S)N(c3ccc(Cl)cc3)C2=O)cc1. The van der Waals surface area contributed by atoms with Gasteiger partial charge in [0.1, 0.15) is 11.3 Å². The average molecular weight is 450 g/mol. The van der Waals surface area contributed by atoms with Gasteiger partial charge in [0.05, 0.1) is 12.8 Å². The number of carbonyl (C=O) groups is 2. The van der Waals surface area contributed by atoms with Crippen LogP contribution in [0.5, 0.6) is 5.75 Å². The molecular formula is C23H16ClN3O3S. The molecule has 2 heterocycles. The van der Waals surface area contributed by atoms with E-state index in [1.165, 1.54) is 11.0 Å². The number of nitrogens with one attached hydrogen (secondary N) is 1. The Balaban J connectivity index is 1.75. The highest BCUT2D eigenvalue weighted by Gasteiger charge is 2.34. The molecule has 6 nitrogen and oxygen atoms in total. The number of ether oxygens (including phenoxy) is 1. The zero-order valence-electron chi connectivity index (χ0n) is 16.3. The van der Waals surface area contributed by atoms with E-state index in [9.17, 15) is 9.59 Å². The van der Waals surface area contributed by atoms with Gasteiger partial charge in [-0.15, -0.1) is 0 Å². The molecule has 31 heavy (non-hydrogen) atoms. The maximum absolute atomic E-state index is 13.2. The summed E-state index contributed by atoms with van der Waals surface area (Å²) in [5.41, 5.74) is 2.79. The molecule has 3 aromatic rings. The lowest BCUT2D eigenvalue weighted by atomic mass is 9.99. The van der Waals surface area contributed by atoms with E-state index in [1.807, 2.05) is 30.3 Å². The number of hydrogen-bond donors (Lipinski definition) is 1. The zero-order chi connectivity index (χ0) is 22.0. The van der Waals surface area contributed by atoms with Crippen LogP contribution in [0.15, 0.2) is 72.6 Å². The minimum atomic E-state index is -0.565. The first-order chi connectivity index (χ1) is 15.0. The largest absolute Gasteiger partial charge is 0.497 e. The van der Waals surface area contributed by atoms with Gasteiger partial charge in [0.25, 0.3) is 11.8 Å². The maximum atomic E-state index is 13.2. The Hall–Kier alpha value is -3.55. The number of aromatic nitrogens is 1. The van der Waals surface area contributed by atoms with Crippen LogP contribution in [0.2, 0.25) is 5.02 Å². The van der Waals surface area contributed by atoms with Crippen molar-refractivity contribution in [1.82, 2.24) is 10.3 Å². The van der Waals surface area contributed by atoms with Crippen molar-refractivity contribution in [3.63, 3.8) is 0 Å². The van der Waals surface area contributed by atoms with E-state index in [4.69, 9.17) is 28.6 Å². The second kappa shape index (κ2) is 8.67. The highest BCUT2D eigenvalue weighted by molar-refractivity contribution is 7.80. The quantitative estimate of drug-likeness (QED) is 0.366. The van der Waals surface area contributed by atoms with Crippen LogP contribution in [-0.4, -0.2) is 29.0 Å². The van der Waals surface area contributed by atoms with Crippen LogP contribution in [0.1, 0.15) is 5.56 Å². The zero-order valence-corrected chi connectivity index (χ0v) is 17.9. The predicted molar refractivity (Wildman–Crippen MR) is 124 cm³/mol. The Labute approximate surface area is 189 Å². The average Bonchev–Trinajstić information content (AvgIpc) is 2.78. The topological polar surface area (TPSA) is 71.5 Å². The molecule has 0 spiro atoms. The fourth-order valence-corrected chi connectivity index (χ4v) is 3.60. The van der Waals surface area contributed by atoms with Crippen molar-refractivity contribution in [2.24, 2.45) is 0 Å². The number of benzene rings is 2. The third kappa shape index (κ3) is 4.19. The molecule has 8 heteroatoms. The second-order valence-corrected chi connectivity index (χ2v) is 7.45. The molecule has 4 rings (SSSR count). The molecular weight excluding hydrogens is 434 g/mol. The summed E-state index contributed by atoms with van der Waals surface area (Å²) in [7, 11) is 1.60. The van der Waals surface area contributed by atoms with Crippen molar-refractivity contribution in [2.75, 3.05) is 12.0 Å². The summed E-state index contributed by atoms with van der Waals surface area (Å²) >= 11 is 11.2. The van der Waals surface area contributed by atoms with Crippen LogP contribution in [0, 0.1) is 0 Å². The van der Waals surface area contributed by atoms with Crippen molar-refractivity contribution in [3.05, 3.63) is 83.2 Å². The normalized spacial score (nSPS) is 15.2. The molecule has 0 radical (unpaired) electrons. The lowest BCUT2D eigenvalue weighted by Crippen LogP contribution is -2.54. The van der Waals surface area contributed by atoms with Gasteiger partial charge >= 0.3 is 0 Å². The van der Waals surface area contributed by atoms with Gasteiger partial charge in [0.2, 0.25) is 0 Å². The van der Waals surface area contributed by atoms with Gasteiger partial charge < -0.3 is 4.74 Å². The Morgan fingerprint density at radius 1 is 1.06 bits per heavy atom. The van der Waals surface area contributed by atoms with Crippen molar-refractivity contribution < 1.29 is 14.3 Å². The Kier molecular flexibility index (Phi) is 5.79. The highest BCUT2D eigenvalue weighted by Crippen LogP contribution is 2.28. The predicted octanol–water partition coefficient (Wildman–Crippen LogP) is 4.24. The van der Waals surface area contributed by atoms with Gasteiger partial charge in [-0.2, -0.15) is 0 Å². The van der Waals surface area contributed by atoms with Gasteiger partial charge in [-0.1, -0.05) is 23.7 Å². The van der Waals surface area contributed by atoms with E-state index in [-0.39, 0.29) is 10.7 Å². The molecule has 0 saturated carbocycles. The summed E-state index contributed by atoms with van der Waals surface area (Å²) in [6.07, 6.45) is 4.78. The molecule has 1 fully saturated rings. The number of nitrogens with zero attached hydrogens (tertiary/aromatic N) is 2. The van der Waals surface area contributed by atoms with Crippen LogP contribution >= 0.6 is 23.8 Å². The first-order valence-electron chi connectivity index (χ1n) is 9.23. The van der Waals surface area contributed by atoms with Crippen molar-refractivity contribution in [1.29, 1.82) is 0 Å². The third-order valence-corrected chi connectivity index (χ3v) is 5.28. The molecule has 0 aliphatic carbocycles. The monoisotopic (exact) mass is 449 g/mol. The molecule has 0 atom stereocenters. The lowest BCUT2D eigenvalue weighted by molar-refractivity contribution is -0.122. The molecule has 154 valence electrons. The number of carbonyl (C=O) groups excluding carboxylic acids is 2. The Morgan fingerprint density at radius 3 is 2.45 bits per heavy atom. The van der Waals surface area contributed by atoms with Gasteiger partial charge in [-0.05, 0) is 71.9 Å². The molecule has 2 aromatic carbocycles. The summed E-state index contributed by atoms with van der Waals surface area (Å²) in [4.78, 5) is 31.2. The van der Waals surface area contributed by atoms with Crippen molar-refractivity contribution in [2.45, 2.75) is 0 Å². The van der Waals surface area contributed by atoms with Crippen molar-refractivity contribution >= 4 is 52.5 Å². The summed E-state index contributed by atoms with van der Waals surface area (Å²) in [6, 6.07) is 15.9. The lowest BCUT2D eigenvalue weighted by Gasteiger charge is -2.29. The Morgan fingerprint density at radius 2 is 1.77 bits per heavy atom. The smallest absolute Gasteiger partial charge is 0.270 e. The van der Waals surface area contributed by atoms with Gasteiger partial charge in [-0.3, -0.25) is 24.8 Å². The third-order valence-electron chi connectivity index (χ3n) is 4.74. The standard InChI is InChI=1S/C23H16ClN3O3S/c1-30-18-8-2-14(3-9-18)19-10-11-25-13-15(19)12-20-21(28)26-23(31)27(22(20)29)17-6-4-16(24)5-7-17/h2-13H,1H3,(H,26,28,31). The van der Waals surface area contributed by atoms with Crippen LogP contribution < -0.4 is 15.0 Å². The summed E-state index contributed by atoms with van der Waals surface area (Å²) < 4.78 is 5.21. The van der Waals surface area contributed by atoms with Crippen LogP contribution in [0.25, 0.3) is 17.2 Å². The highest BCUT2D eigenvalue weighted by atomic mass is 35.5. The van der Waals surface area contributed by atoms with Crippen LogP contribution in [-0.2, 0) is 9.59 Å². The summed E-state index contributed by atoms with van der Waals surface area (Å²) in [5.74, 6) is -0.364. The minimum Gasteiger partial charge on any atom is -0.497 e. The number of hydrogen-bond acceptors (Lipinski definition) is 5. The fourth-order valence-electron chi connectivity index (χ4n) is 3.19. The van der Waals surface area contributed by atoms with Crippen molar-refractivity contribution in [3.8, 4) is 16.9 Å². The van der Waals surface area contributed by atoms with Crippen LogP contribution in [0.3, 0.4) is 0 Å². The first kappa shape index (κ1) is 20.7. The maximum Gasteiger partial charge on any atom is 0.270 e. The first-order valence-corrected chi connectivity index (χ1v) is 10.0. The molecule has 1 aliphatic rings. The number of pyridine rings is 1. The number of anilines is 1. The number of rotatable bonds is 4. The molecule has 1 saturated heterocycles. The van der Waals surface area contributed by atoms with Gasteiger partial charge in [0, 0.05) is 23.0 Å². The Bertz CT molecular complexity index is 1210. The van der Waals surface area contributed by atoms with E-state index < -0.39 is 11.8 Å². The van der Waals surface area contributed by atoms with E-state index in [2.05, 4.69) is 10.3 Å². The molecule has 1 aliphatic heterocycles. The van der Waals surface area contributed by atoms with E-state index in [0.29, 0.717) is 16.3 Å². The number of halogens is 1. The second-order valence-electron chi connectivity index (χ2n) is 6.63. The van der Waals surface area contributed by atoms with E-state index in [1.54, 1.807) is 43.8 Å². The molecule has 1 N–H and O–H groups in total. The number of methoxy groups -OCH3 is 1. The number of amides is 2. The fraction of sp³-hybridized carbons (Fsp3) is 0.0435. The number of thiocarbonyl (C=S) groups is 1. The molecule has 2 amide bonds. The van der Waals surface area contributed by atoms with Crippen LogP contribution in [0.4, 0.5) is 5.69 Å². The minimum absolute atomic E-state index is 0.0102. The summed E-state index contributed by atoms with van der Waals surface area (Å²) in [5, 5.41) is 3.11. The van der Waals surface area contributed by atoms with Gasteiger partial charge in [0.15, 0.2) is 5.11 Å². The van der Waals surface area contributed by atoms with Gasteiger partial charge in [-0.25, -0.2) is 0 Å². The molecule has 0 bridgehead atoms. The molecule has 0 unspecified atom stereocenters. The van der Waals surface area contributed by atoms with E-state index in [0.717, 1.165) is 16.9 Å².